The van der Waals surface area contributed by atoms with E-state index in [0.29, 0.717) is 5.02 Å². The van der Waals surface area contributed by atoms with Crippen LogP contribution in [0.4, 0.5) is 0 Å². The lowest BCUT2D eigenvalue weighted by molar-refractivity contribution is 0.914. The van der Waals surface area contributed by atoms with E-state index in [9.17, 15) is 0 Å². The molecule has 0 atom stereocenters. The van der Waals surface area contributed by atoms with Gasteiger partial charge < -0.3 is 0 Å². The average Bonchev–Trinajstić information content (AvgIpc) is 2.32. The first-order valence-electron chi connectivity index (χ1n) is 2.92. The van der Waals surface area contributed by atoms with E-state index in [-0.39, 0.29) is 0 Å². The monoisotopic (exact) mass is 279 g/mol. The van der Waals surface area contributed by atoms with Crippen LogP contribution in [0.3, 0.4) is 0 Å². The van der Waals surface area contributed by atoms with Gasteiger partial charge in [0.05, 0.1) is 17.4 Å². The third-order valence-electron chi connectivity index (χ3n) is 1.29. The van der Waals surface area contributed by atoms with Gasteiger partial charge in [0.2, 0.25) is 0 Å². The summed E-state index contributed by atoms with van der Waals surface area (Å²) in [5.74, 6) is 0. The minimum Gasteiger partial charge on any atom is -0.234 e. The molecule has 0 amide bonds. The summed E-state index contributed by atoms with van der Waals surface area (Å²) in [4.78, 5) is 4.09. The Labute approximate surface area is 81.5 Å². The summed E-state index contributed by atoms with van der Waals surface area (Å²) in [5, 5.41) is 4.67. The molecule has 0 bridgehead atoms. The average molecular weight is 279 g/mol. The zero-order chi connectivity index (χ0) is 7.84. The van der Waals surface area contributed by atoms with E-state index in [0.717, 1.165) is 9.35 Å². The molecule has 3 nitrogen and oxygen atoms in total. The molecule has 2 heterocycles. The maximum Gasteiger partial charge on any atom is 0.156 e. The van der Waals surface area contributed by atoms with Crippen LogP contribution >= 0.6 is 34.2 Å². The number of hydrogen-bond acceptors (Lipinski definition) is 2. The van der Waals surface area contributed by atoms with Crippen molar-refractivity contribution in [3.8, 4) is 0 Å². The van der Waals surface area contributed by atoms with Gasteiger partial charge in [0.15, 0.2) is 5.65 Å². The molecular formula is C6H3ClIN3. The summed E-state index contributed by atoms with van der Waals surface area (Å²) >= 11 is 7.87. The van der Waals surface area contributed by atoms with E-state index >= 15 is 0 Å². The van der Waals surface area contributed by atoms with Gasteiger partial charge in [0, 0.05) is 6.07 Å². The zero-order valence-electron chi connectivity index (χ0n) is 5.33. The number of rotatable bonds is 0. The summed E-state index contributed by atoms with van der Waals surface area (Å²) in [6.07, 6.45) is 3.34. The van der Waals surface area contributed by atoms with Crippen LogP contribution in [0.25, 0.3) is 5.65 Å². The highest BCUT2D eigenvalue weighted by atomic mass is 127. The van der Waals surface area contributed by atoms with E-state index in [1.807, 2.05) is 0 Å². The fourth-order valence-electron chi connectivity index (χ4n) is 0.824. The SMILES string of the molecule is Clc1cnn2c(I)cnc2c1. The first-order valence-corrected chi connectivity index (χ1v) is 4.38. The second-order valence-electron chi connectivity index (χ2n) is 2.02. The summed E-state index contributed by atoms with van der Waals surface area (Å²) in [7, 11) is 0. The van der Waals surface area contributed by atoms with Crippen molar-refractivity contribution in [3.63, 3.8) is 0 Å². The molecule has 11 heavy (non-hydrogen) atoms. The Morgan fingerprint density at radius 2 is 2.27 bits per heavy atom. The lowest BCUT2D eigenvalue weighted by atomic mass is 10.6. The molecule has 0 aromatic carbocycles. The number of halogens is 2. The number of aromatic nitrogens is 3. The van der Waals surface area contributed by atoms with Gasteiger partial charge in [0.25, 0.3) is 0 Å². The second-order valence-corrected chi connectivity index (χ2v) is 3.57. The molecule has 0 unspecified atom stereocenters. The lowest BCUT2D eigenvalue weighted by Crippen LogP contribution is -1.91. The number of nitrogens with zero attached hydrogens (tertiary/aromatic N) is 3. The van der Waals surface area contributed by atoms with Gasteiger partial charge in [-0.15, -0.1) is 0 Å². The highest BCUT2D eigenvalue weighted by Crippen LogP contribution is 2.11. The van der Waals surface area contributed by atoms with Crippen molar-refractivity contribution >= 4 is 39.8 Å². The zero-order valence-corrected chi connectivity index (χ0v) is 8.24. The van der Waals surface area contributed by atoms with E-state index < -0.39 is 0 Å². The van der Waals surface area contributed by atoms with Crippen LogP contribution in [0.15, 0.2) is 18.5 Å². The Bertz CT molecular complexity index is 398. The normalized spacial score (nSPS) is 10.7. The van der Waals surface area contributed by atoms with Crippen LogP contribution < -0.4 is 0 Å². The Morgan fingerprint density at radius 3 is 3.09 bits per heavy atom. The van der Waals surface area contributed by atoms with Crippen LogP contribution in [0.2, 0.25) is 5.02 Å². The Morgan fingerprint density at radius 1 is 1.45 bits per heavy atom. The number of imidazole rings is 1. The fraction of sp³-hybridized carbons (Fsp3) is 0. The smallest absolute Gasteiger partial charge is 0.156 e. The van der Waals surface area contributed by atoms with Crippen molar-refractivity contribution in [1.29, 1.82) is 0 Å². The summed E-state index contributed by atoms with van der Waals surface area (Å²) in [6.45, 7) is 0. The summed E-state index contributed by atoms with van der Waals surface area (Å²) in [6, 6.07) is 1.77. The minimum atomic E-state index is 0.611. The van der Waals surface area contributed by atoms with Gasteiger partial charge >= 0.3 is 0 Å². The first-order chi connectivity index (χ1) is 5.27. The summed E-state index contributed by atoms with van der Waals surface area (Å²) < 4.78 is 2.71. The Hall–Kier alpha value is -0.360. The number of fused-ring (bicyclic) bond motifs is 1. The molecular weight excluding hydrogens is 276 g/mol. The lowest BCUT2D eigenvalue weighted by Gasteiger charge is -1.92. The van der Waals surface area contributed by atoms with Gasteiger partial charge in [-0.2, -0.15) is 5.10 Å². The van der Waals surface area contributed by atoms with Gasteiger partial charge in [-0.25, -0.2) is 9.50 Å². The first kappa shape index (κ1) is 7.30. The predicted octanol–water partition coefficient (Wildman–Crippen LogP) is 1.99. The molecule has 2 aromatic rings. The fourth-order valence-corrected chi connectivity index (χ4v) is 1.48. The predicted molar refractivity (Wildman–Crippen MR) is 50.7 cm³/mol. The second kappa shape index (κ2) is 2.60. The molecule has 0 aliphatic rings. The summed E-state index contributed by atoms with van der Waals surface area (Å²) in [5.41, 5.74) is 0.780. The molecule has 2 aromatic heterocycles. The van der Waals surface area contributed by atoms with E-state index in [4.69, 9.17) is 11.6 Å². The molecule has 0 saturated carbocycles. The highest BCUT2D eigenvalue weighted by Gasteiger charge is 1.99. The van der Waals surface area contributed by atoms with Crippen molar-refractivity contribution in [2.75, 3.05) is 0 Å². The van der Waals surface area contributed by atoms with Crippen molar-refractivity contribution in [2.24, 2.45) is 0 Å². The molecule has 56 valence electrons. The van der Waals surface area contributed by atoms with Crippen LogP contribution in [0, 0.1) is 3.70 Å². The topological polar surface area (TPSA) is 30.2 Å². The largest absolute Gasteiger partial charge is 0.234 e. The van der Waals surface area contributed by atoms with E-state index in [1.54, 1.807) is 23.0 Å². The highest BCUT2D eigenvalue weighted by molar-refractivity contribution is 14.1. The Balaban J connectivity index is 2.86. The van der Waals surface area contributed by atoms with Gasteiger partial charge in [-0.1, -0.05) is 11.6 Å². The molecule has 5 heteroatoms. The van der Waals surface area contributed by atoms with E-state index in [2.05, 4.69) is 32.7 Å². The van der Waals surface area contributed by atoms with Crippen LogP contribution in [0.5, 0.6) is 0 Å². The van der Waals surface area contributed by atoms with Crippen LogP contribution in [-0.4, -0.2) is 14.6 Å². The third-order valence-corrected chi connectivity index (χ3v) is 2.23. The maximum atomic E-state index is 5.71. The molecule has 0 fully saturated rings. The Kier molecular flexibility index (Phi) is 1.72. The minimum absolute atomic E-state index is 0.611. The molecule has 0 spiro atoms. The standard InChI is InChI=1S/C6H3ClIN3/c7-4-1-6-9-3-5(8)11(6)10-2-4/h1-3H. The van der Waals surface area contributed by atoms with Crippen molar-refractivity contribution in [3.05, 3.63) is 27.2 Å². The molecule has 0 N–H and O–H groups in total. The van der Waals surface area contributed by atoms with Crippen LogP contribution in [-0.2, 0) is 0 Å². The van der Waals surface area contributed by atoms with Crippen molar-refractivity contribution < 1.29 is 0 Å². The van der Waals surface area contributed by atoms with Crippen molar-refractivity contribution in [1.82, 2.24) is 14.6 Å². The third kappa shape index (κ3) is 1.20. The van der Waals surface area contributed by atoms with Crippen molar-refractivity contribution in [2.45, 2.75) is 0 Å². The molecule has 0 aliphatic carbocycles. The van der Waals surface area contributed by atoms with E-state index in [1.165, 1.54) is 0 Å². The van der Waals surface area contributed by atoms with Crippen LogP contribution in [0.1, 0.15) is 0 Å². The molecule has 2 rings (SSSR count). The van der Waals surface area contributed by atoms with Gasteiger partial charge in [-0.05, 0) is 22.6 Å². The number of hydrogen-bond donors (Lipinski definition) is 0. The van der Waals surface area contributed by atoms with Gasteiger partial charge in [0.1, 0.15) is 3.70 Å². The quantitative estimate of drug-likeness (QED) is 0.690. The maximum absolute atomic E-state index is 5.71. The molecule has 0 saturated heterocycles. The molecule has 0 radical (unpaired) electrons. The molecule has 0 aliphatic heterocycles. The van der Waals surface area contributed by atoms with Gasteiger partial charge in [-0.3, -0.25) is 0 Å².